The third-order valence-electron chi connectivity index (χ3n) is 8.16. The second-order valence-corrected chi connectivity index (χ2v) is 10.3. The van der Waals surface area contributed by atoms with Gasteiger partial charge in [0.15, 0.2) is 0 Å². The summed E-state index contributed by atoms with van der Waals surface area (Å²) in [6.45, 7) is 3.57. The molecule has 1 spiro atoms. The van der Waals surface area contributed by atoms with Crippen molar-refractivity contribution in [2.45, 2.75) is 44.7 Å². The van der Waals surface area contributed by atoms with E-state index in [-0.39, 0.29) is 34.6 Å². The van der Waals surface area contributed by atoms with Gasteiger partial charge in [-0.2, -0.15) is 18.4 Å². The highest BCUT2D eigenvalue weighted by molar-refractivity contribution is 5.85. The summed E-state index contributed by atoms with van der Waals surface area (Å²) < 4.78 is 40.4. The van der Waals surface area contributed by atoms with Crippen LogP contribution in [-0.4, -0.2) is 60.9 Å². The van der Waals surface area contributed by atoms with Gasteiger partial charge >= 0.3 is 6.18 Å². The van der Waals surface area contributed by atoms with E-state index in [1.165, 1.54) is 6.07 Å². The SMILES string of the molecule is N#Cc1ccc(N2CCC3(CC2)CN(C(=O)C2CC2)CC3C(=O)N2CCCC2)cc1C(F)(F)F. The quantitative estimate of drug-likeness (QED) is 0.671. The van der Waals surface area contributed by atoms with Gasteiger partial charge < -0.3 is 14.7 Å². The zero-order valence-corrected chi connectivity index (χ0v) is 19.1. The largest absolute Gasteiger partial charge is 0.417 e. The monoisotopic (exact) mass is 474 g/mol. The van der Waals surface area contributed by atoms with Crippen molar-refractivity contribution < 1.29 is 22.8 Å². The van der Waals surface area contributed by atoms with E-state index in [4.69, 9.17) is 5.26 Å². The molecule has 1 unspecified atom stereocenters. The number of hydrogen-bond donors (Lipinski definition) is 0. The summed E-state index contributed by atoms with van der Waals surface area (Å²) in [6, 6.07) is 5.48. The van der Waals surface area contributed by atoms with Crippen LogP contribution in [0.4, 0.5) is 18.9 Å². The van der Waals surface area contributed by atoms with Crippen LogP contribution in [0.3, 0.4) is 0 Å². The van der Waals surface area contributed by atoms with E-state index in [2.05, 4.69) is 0 Å². The molecular weight excluding hydrogens is 445 g/mol. The molecule has 1 aromatic carbocycles. The van der Waals surface area contributed by atoms with Gasteiger partial charge in [0.1, 0.15) is 0 Å². The number of benzene rings is 1. The third kappa shape index (κ3) is 4.12. The van der Waals surface area contributed by atoms with Crippen LogP contribution in [0.5, 0.6) is 0 Å². The van der Waals surface area contributed by atoms with Gasteiger partial charge in [0.25, 0.3) is 0 Å². The Morgan fingerprint density at radius 3 is 2.26 bits per heavy atom. The molecule has 4 fully saturated rings. The number of likely N-dealkylation sites (tertiary alicyclic amines) is 2. The zero-order chi connectivity index (χ0) is 24.1. The van der Waals surface area contributed by atoms with Crippen molar-refractivity contribution in [2.24, 2.45) is 17.3 Å². The second-order valence-electron chi connectivity index (χ2n) is 10.3. The first-order chi connectivity index (χ1) is 16.2. The lowest BCUT2D eigenvalue weighted by Gasteiger charge is -2.43. The van der Waals surface area contributed by atoms with Crippen molar-refractivity contribution in [3.05, 3.63) is 29.3 Å². The first kappa shape index (κ1) is 23.0. The lowest BCUT2D eigenvalue weighted by atomic mass is 9.70. The van der Waals surface area contributed by atoms with Crippen LogP contribution >= 0.6 is 0 Å². The van der Waals surface area contributed by atoms with E-state index in [9.17, 15) is 22.8 Å². The molecule has 0 radical (unpaired) electrons. The maximum absolute atomic E-state index is 13.5. The van der Waals surface area contributed by atoms with Crippen molar-refractivity contribution in [3.63, 3.8) is 0 Å². The third-order valence-corrected chi connectivity index (χ3v) is 8.16. The van der Waals surface area contributed by atoms with Crippen molar-refractivity contribution in [3.8, 4) is 6.07 Å². The number of anilines is 1. The summed E-state index contributed by atoms with van der Waals surface area (Å²) in [7, 11) is 0. The zero-order valence-electron chi connectivity index (χ0n) is 19.1. The molecular formula is C25H29F3N4O2. The molecule has 2 amide bonds. The Kier molecular flexibility index (Phi) is 5.73. The Balaban J connectivity index is 1.36. The predicted octanol–water partition coefficient (Wildman–Crippen LogP) is 3.65. The molecule has 3 saturated heterocycles. The number of carbonyl (C=O) groups excluding carboxylic acids is 2. The molecule has 1 atom stereocenters. The van der Waals surface area contributed by atoms with E-state index in [1.807, 2.05) is 14.7 Å². The van der Waals surface area contributed by atoms with E-state index in [0.29, 0.717) is 44.7 Å². The topological polar surface area (TPSA) is 67.6 Å². The average Bonchev–Trinajstić information content (AvgIpc) is 3.40. The maximum Gasteiger partial charge on any atom is 0.417 e. The molecule has 0 bridgehead atoms. The van der Waals surface area contributed by atoms with Crippen molar-refractivity contribution >= 4 is 17.5 Å². The van der Waals surface area contributed by atoms with Gasteiger partial charge in [-0.15, -0.1) is 0 Å². The Hall–Kier alpha value is -2.76. The smallest absolute Gasteiger partial charge is 0.371 e. The van der Waals surface area contributed by atoms with Crippen LogP contribution in [0, 0.1) is 28.6 Å². The minimum absolute atomic E-state index is 0.0946. The molecule has 5 rings (SSSR count). The van der Waals surface area contributed by atoms with Crippen LogP contribution in [0.25, 0.3) is 0 Å². The molecule has 4 aliphatic rings. The second kappa shape index (κ2) is 8.47. The molecule has 1 aliphatic carbocycles. The molecule has 3 heterocycles. The number of nitriles is 1. The Bertz CT molecular complexity index is 1020. The highest BCUT2D eigenvalue weighted by Crippen LogP contribution is 2.48. The van der Waals surface area contributed by atoms with Gasteiger partial charge in [0, 0.05) is 56.3 Å². The predicted molar refractivity (Wildman–Crippen MR) is 119 cm³/mol. The minimum atomic E-state index is -4.60. The van der Waals surface area contributed by atoms with Crippen LogP contribution < -0.4 is 4.90 Å². The van der Waals surface area contributed by atoms with Gasteiger partial charge in [0.2, 0.25) is 11.8 Å². The molecule has 0 aromatic heterocycles. The van der Waals surface area contributed by atoms with Crippen LogP contribution in [0.15, 0.2) is 18.2 Å². The van der Waals surface area contributed by atoms with E-state index >= 15 is 0 Å². The number of amides is 2. The van der Waals surface area contributed by atoms with Gasteiger partial charge in [-0.1, -0.05) is 0 Å². The van der Waals surface area contributed by atoms with Crippen LogP contribution in [0.1, 0.15) is 49.7 Å². The van der Waals surface area contributed by atoms with Crippen molar-refractivity contribution in [1.29, 1.82) is 5.26 Å². The number of piperidine rings is 1. The Morgan fingerprint density at radius 2 is 1.68 bits per heavy atom. The number of halogens is 3. The average molecular weight is 475 g/mol. The van der Waals surface area contributed by atoms with Gasteiger partial charge in [-0.3, -0.25) is 9.59 Å². The first-order valence-corrected chi connectivity index (χ1v) is 12.2. The molecule has 1 aromatic rings. The summed E-state index contributed by atoms with van der Waals surface area (Å²) in [5.74, 6) is 0.134. The summed E-state index contributed by atoms with van der Waals surface area (Å²) >= 11 is 0. The Labute approximate surface area is 197 Å². The van der Waals surface area contributed by atoms with E-state index in [1.54, 1.807) is 12.1 Å². The highest BCUT2D eigenvalue weighted by Gasteiger charge is 2.54. The lowest BCUT2D eigenvalue weighted by Crippen LogP contribution is -2.49. The Morgan fingerprint density at radius 1 is 1.00 bits per heavy atom. The molecule has 0 N–H and O–H groups in total. The summed E-state index contributed by atoms with van der Waals surface area (Å²) in [6.07, 6.45) is 0.539. The highest BCUT2D eigenvalue weighted by atomic mass is 19.4. The molecule has 182 valence electrons. The van der Waals surface area contributed by atoms with Crippen molar-refractivity contribution in [1.82, 2.24) is 9.80 Å². The molecule has 1 saturated carbocycles. The standard InChI is InChI=1S/C25H29F3N4O2/c26-25(27,28)20-13-19(6-5-18(20)14-29)30-11-7-24(8-12-30)16-32(22(33)17-3-4-17)15-21(24)23(34)31-9-1-2-10-31/h5-6,13,17,21H,1-4,7-12,15-16H2. The summed E-state index contributed by atoms with van der Waals surface area (Å²) in [5, 5.41) is 9.07. The number of alkyl halides is 3. The van der Waals surface area contributed by atoms with Crippen molar-refractivity contribution in [2.75, 3.05) is 44.2 Å². The number of nitrogens with zero attached hydrogens (tertiary/aromatic N) is 4. The van der Waals surface area contributed by atoms with E-state index < -0.39 is 11.7 Å². The molecule has 9 heteroatoms. The molecule has 6 nitrogen and oxygen atoms in total. The fraction of sp³-hybridized carbons (Fsp3) is 0.640. The van der Waals surface area contributed by atoms with Gasteiger partial charge in [-0.05, 0) is 56.7 Å². The maximum atomic E-state index is 13.5. The lowest BCUT2D eigenvalue weighted by molar-refractivity contribution is -0.138. The fourth-order valence-electron chi connectivity index (χ4n) is 6.00. The number of rotatable bonds is 3. The van der Waals surface area contributed by atoms with Crippen LogP contribution in [0.2, 0.25) is 0 Å². The molecule has 34 heavy (non-hydrogen) atoms. The summed E-state index contributed by atoms with van der Waals surface area (Å²) in [4.78, 5) is 32.1. The minimum Gasteiger partial charge on any atom is -0.371 e. The normalized spacial score (nSPS) is 24.5. The number of carbonyl (C=O) groups is 2. The van der Waals surface area contributed by atoms with Gasteiger partial charge in [-0.25, -0.2) is 0 Å². The first-order valence-electron chi connectivity index (χ1n) is 12.2. The van der Waals surface area contributed by atoms with E-state index in [0.717, 1.165) is 44.8 Å². The van der Waals surface area contributed by atoms with Gasteiger partial charge in [0.05, 0.1) is 23.1 Å². The summed E-state index contributed by atoms with van der Waals surface area (Å²) in [5.41, 5.74) is -1.20. The van der Waals surface area contributed by atoms with Crippen LogP contribution in [-0.2, 0) is 15.8 Å². The fourth-order valence-corrected chi connectivity index (χ4v) is 6.00. The number of hydrogen-bond acceptors (Lipinski definition) is 4. The molecule has 3 aliphatic heterocycles.